The first-order valence-corrected chi connectivity index (χ1v) is 8.86. The molecule has 4 nitrogen and oxygen atoms in total. The van der Waals surface area contributed by atoms with Crippen molar-refractivity contribution in [1.29, 1.82) is 0 Å². The molecule has 0 aliphatic heterocycles. The van der Waals surface area contributed by atoms with Crippen LogP contribution in [0.4, 0.5) is 0 Å². The van der Waals surface area contributed by atoms with Gasteiger partial charge in [-0.2, -0.15) is 0 Å². The Hall–Kier alpha value is -1.36. The summed E-state index contributed by atoms with van der Waals surface area (Å²) in [5.41, 5.74) is 0.510. The summed E-state index contributed by atoms with van der Waals surface area (Å²) in [6.07, 6.45) is 5.59. The monoisotopic (exact) mass is 295 g/mol. The van der Waals surface area contributed by atoms with E-state index in [1.807, 2.05) is 0 Å². The molecule has 0 bridgehead atoms. The normalized spacial score (nSPS) is 23.3. The first-order valence-electron chi connectivity index (χ1n) is 6.97. The van der Waals surface area contributed by atoms with Crippen molar-refractivity contribution in [3.8, 4) is 0 Å². The number of nitrogens with one attached hydrogen (secondary N) is 1. The first kappa shape index (κ1) is 15.0. The van der Waals surface area contributed by atoms with Crippen molar-refractivity contribution in [3.05, 3.63) is 29.8 Å². The van der Waals surface area contributed by atoms with Gasteiger partial charge in [0.2, 0.25) is 0 Å². The van der Waals surface area contributed by atoms with Crippen molar-refractivity contribution >= 4 is 15.7 Å². The van der Waals surface area contributed by atoms with E-state index >= 15 is 0 Å². The third-order valence-electron chi connectivity index (χ3n) is 3.82. The van der Waals surface area contributed by atoms with Crippen LogP contribution in [-0.2, 0) is 9.84 Å². The van der Waals surface area contributed by atoms with Crippen LogP contribution in [0.5, 0.6) is 0 Å². The number of hydrogen-bond acceptors (Lipinski definition) is 3. The minimum absolute atomic E-state index is 0.121. The molecule has 1 fully saturated rings. The number of carbonyl (C=O) groups is 1. The second kappa shape index (κ2) is 5.95. The van der Waals surface area contributed by atoms with Crippen LogP contribution in [0.25, 0.3) is 0 Å². The van der Waals surface area contributed by atoms with Gasteiger partial charge in [0.15, 0.2) is 9.84 Å². The van der Waals surface area contributed by atoms with Crippen molar-refractivity contribution in [1.82, 2.24) is 5.32 Å². The fourth-order valence-corrected chi connectivity index (χ4v) is 3.32. The molecule has 1 aliphatic carbocycles. The zero-order valence-electron chi connectivity index (χ0n) is 11.9. The highest BCUT2D eigenvalue weighted by Crippen LogP contribution is 2.23. The van der Waals surface area contributed by atoms with E-state index in [-0.39, 0.29) is 16.8 Å². The minimum Gasteiger partial charge on any atom is -0.349 e. The Morgan fingerprint density at radius 3 is 2.40 bits per heavy atom. The number of rotatable bonds is 3. The quantitative estimate of drug-likeness (QED) is 0.931. The lowest BCUT2D eigenvalue weighted by Gasteiger charge is -2.27. The summed E-state index contributed by atoms with van der Waals surface area (Å²) in [5.74, 6) is 0.533. The van der Waals surface area contributed by atoms with Crippen molar-refractivity contribution in [2.45, 2.75) is 43.5 Å². The average Bonchev–Trinajstić information content (AvgIpc) is 2.38. The number of hydrogen-bond donors (Lipinski definition) is 1. The van der Waals surface area contributed by atoms with Gasteiger partial charge in [0.1, 0.15) is 0 Å². The van der Waals surface area contributed by atoms with E-state index in [2.05, 4.69) is 12.2 Å². The van der Waals surface area contributed by atoms with Crippen LogP contribution in [0.15, 0.2) is 29.2 Å². The third kappa shape index (κ3) is 3.82. The molecule has 5 heteroatoms. The lowest BCUT2D eigenvalue weighted by molar-refractivity contribution is 0.0921. The molecule has 0 heterocycles. The van der Waals surface area contributed by atoms with E-state index < -0.39 is 9.84 Å². The van der Waals surface area contributed by atoms with E-state index in [0.29, 0.717) is 11.5 Å². The standard InChI is InChI=1S/C15H21NO3S/c1-11-4-3-5-13(10-11)16-15(17)12-6-8-14(9-7-12)20(2,18)19/h6-9,11,13H,3-5,10H2,1-2H3,(H,16,17). The molecule has 2 rings (SSSR count). The Labute approximate surface area is 120 Å². The number of amides is 1. The van der Waals surface area contributed by atoms with E-state index in [1.165, 1.54) is 18.6 Å². The predicted molar refractivity (Wildman–Crippen MR) is 78.4 cm³/mol. The highest BCUT2D eigenvalue weighted by molar-refractivity contribution is 7.90. The number of benzene rings is 1. The first-order chi connectivity index (χ1) is 9.36. The topological polar surface area (TPSA) is 63.2 Å². The van der Waals surface area contributed by atoms with Crippen LogP contribution in [0.2, 0.25) is 0 Å². The molecular formula is C15H21NO3S. The molecule has 0 saturated heterocycles. The number of sulfone groups is 1. The van der Waals surface area contributed by atoms with Gasteiger partial charge >= 0.3 is 0 Å². The van der Waals surface area contributed by atoms with Gasteiger partial charge in [-0.05, 0) is 43.0 Å². The Balaban J connectivity index is 2.02. The molecule has 0 radical (unpaired) electrons. The molecule has 2 atom stereocenters. The smallest absolute Gasteiger partial charge is 0.251 e. The summed E-state index contributed by atoms with van der Waals surface area (Å²) >= 11 is 0. The second-order valence-electron chi connectivity index (χ2n) is 5.74. The zero-order valence-corrected chi connectivity index (χ0v) is 12.7. The van der Waals surface area contributed by atoms with Crippen LogP contribution >= 0.6 is 0 Å². The fourth-order valence-electron chi connectivity index (χ4n) is 2.69. The largest absolute Gasteiger partial charge is 0.349 e. The molecule has 110 valence electrons. The highest BCUT2D eigenvalue weighted by Gasteiger charge is 2.21. The predicted octanol–water partition coefficient (Wildman–Crippen LogP) is 2.40. The maximum atomic E-state index is 12.1. The van der Waals surface area contributed by atoms with Gasteiger partial charge in [0, 0.05) is 17.9 Å². The van der Waals surface area contributed by atoms with Gasteiger partial charge < -0.3 is 5.32 Å². The van der Waals surface area contributed by atoms with Crippen LogP contribution in [0.1, 0.15) is 43.0 Å². The molecule has 1 N–H and O–H groups in total. The van der Waals surface area contributed by atoms with Crippen LogP contribution in [0, 0.1) is 5.92 Å². The van der Waals surface area contributed by atoms with Crippen LogP contribution in [-0.4, -0.2) is 26.6 Å². The molecule has 1 aromatic carbocycles. The van der Waals surface area contributed by atoms with Crippen LogP contribution in [0.3, 0.4) is 0 Å². The van der Waals surface area contributed by atoms with E-state index in [4.69, 9.17) is 0 Å². The van der Waals surface area contributed by atoms with Crippen molar-refractivity contribution < 1.29 is 13.2 Å². The fraction of sp³-hybridized carbons (Fsp3) is 0.533. The van der Waals surface area contributed by atoms with Gasteiger partial charge in [-0.3, -0.25) is 4.79 Å². The molecule has 0 aromatic heterocycles. The third-order valence-corrected chi connectivity index (χ3v) is 4.94. The minimum atomic E-state index is -3.21. The van der Waals surface area contributed by atoms with Crippen molar-refractivity contribution in [3.63, 3.8) is 0 Å². The summed E-state index contributed by atoms with van der Waals surface area (Å²) in [6.45, 7) is 2.21. The van der Waals surface area contributed by atoms with E-state index in [9.17, 15) is 13.2 Å². The average molecular weight is 295 g/mol. The molecule has 1 saturated carbocycles. The van der Waals surface area contributed by atoms with Gasteiger partial charge in [0.05, 0.1) is 4.90 Å². The second-order valence-corrected chi connectivity index (χ2v) is 7.75. The van der Waals surface area contributed by atoms with Crippen molar-refractivity contribution in [2.75, 3.05) is 6.26 Å². The summed E-state index contributed by atoms with van der Waals surface area (Å²) in [6, 6.07) is 6.33. The summed E-state index contributed by atoms with van der Waals surface area (Å²) in [4.78, 5) is 12.4. The van der Waals surface area contributed by atoms with Gasteiger partial charge in [0.25, 0.3) is 5.91 Å². The molecule has 1 aliphatic rings. The Bertz CT molecular complexity index is 578. The van der Waals surface area contributed by atoms with Gasteiger partial charge in [-0.15, -0.1) is 0 Å². The maximum absolute atomic E-state index is 12.1. The van der Waals surface area contributed by atoms with E-state index in [1.54, 1.807) is 12.1 Å². The number of carbonyl (C=O) groups excluding carboxylic acids is 1. The maximum Gasteiger partial charge on any atom is 0.251 e. The molecule has 0 spiro atoms. The Kier molecular flexibility index (Phi) is 4.48. The SMILES string of the molecule is CC1CCCC(NC(=O)c2ccc(S(C)(=O)=O)cc2)C1. The van der Waals surface area contributed by atoms with Gasteiger partial charge in [-0.1, -0.05) is 19.8 Å². The van der Waals surface area contributed by atoms with Gasteiger partial charge in [-0.25, -0.2) is 8.42 Å². The van der Waals surface area contributed by atoms with E-state index in [0.717, 1.165) is 25.5 Å². The van der Waals surface area contributed by atoms with Crippen LogP contribution < -0.4 is 5.32 Å². The summed E-state index contributed by atoms with van der Waals surface area (Å²) in [5, 5.41) is 3.04. The highest BCUT2D eigenvalue weighted by atomic mass is 32.2. The lowest BCUT2D eigenvalue weighted by Crippen LogP contribution is -2.37. The Morgan fingerprint density at radius 1 is 1.20 bits per heavy atom. The lowest BCUT2D eigenvalue weighted by atomic mass is 9.87. The molecule has 1 amide bonds. The summed E-state index contributed by atoms with van der Waals surface area (Å²) in [7, 11) is -3.21. The molecule has 20 heavy (non-hydrogen) atoms. The molecule has 2 unspecified atom stereocenters. The zero-order chi connectivity index (χ0) is 14.8. The molecule has 1 aromatic rings. The van der Waals surface area contributed by atoms with Crippen molar-refractivity contribution in [2.24, 2.45) is 5.92 Å². The molecular weight excluding hydrogens is 274 g/mol. The summed E-state index contributed by atoms with van der Waals surface area (Å²) < 4.78 is 22.7. The Morgan fingerprint density at radius 2 is 1.85 bits per heavy atom.